The van der Waals surface area contributed by atoms with E-state index in [1.807, 2.05) is 25.1 Å². The Morgan fingerprint density at radius 1 is 1.15 bits per heavy atom. The number of ether oxygens (including phenoxy) is 2. The van der Waals surface area contributed by atoms with Gasteiger partial charge < -0.3 is 9.47 Å². The number of rotatable bonds is 4. The van der Waals surface area contributed by atoms with Crippen molar-refractivity contribution in [3.05, 3.63) is 30.2 Å². The lowest BCUT2D eigenvalue weighted by Crippen LogP contribution is -1.92. The highest BCUT2D eigenvalue weighted by Gasteiger charge is 2.03. The van der Waals surface area contributed by atoms with Gasteiger partial charge >= 0.3 is 0 Å². The number of methoxy groups -OCH3 is 2. The summed E-state index contributed by atoms with van der Waals surface area (Å²) in [4.78, 5) is 0. The van der Waals surface area contributed by atoms with Crippen LogP contribution in [-0.4, -0.2) is 14.2 Å². The molecule has 2 nitrogen and oxygen atoms in total. The van der Waals surface area contributed by atoms with Gasteiger partial charge in [0.05, 0.1) is 14.2 Å². The molecule has 0 atom stereocenters. The largest absolute Gasteiger partial charge is 0.493 e. The number of benzene rings is 1. The highest BCUT2D eigenvalue weighted by atomic mass is 16.5. The van der Waals surface area contributed by atoms with Gasteiger partial charge in [0.1, 0.15) is 0 Å². The Morgan fingerprint density at radius 3 is 2.38 bits per heavy atom. The Balaban J connectivity index is 2.91. The van der Waals surface area contributed by atoms with Gasteiger partial charge in [-0.1, -0.05) is 13.0 Å². The zero-order chi connectivity index (χ0) is 9.68. The summed E-state index contributed by atoms with van der Waals surface area (Å²) in [6.45, 7) is 1.91. The zero-order valence-corrected chi connectivity index (χ0v) is 8.26. The van der Waals surface area contributed by atoms with Crippen molar-refractivity contribution in [3.63, 3.8) is 0 Å². The molecule has 0 unspecified atom stereocenters. The number of hydrogen-bond donors (Lipinski definition) is 0. The average molecular weight is 178 g/mol. The first-order valence-corrected chi connectivity index (χ1v) is 4.17. The van der Waals surface area contributed by atoms with Crippen molar-refractivity contribution in [2.45, 2.75) is 13.3 Å². The van der Waals surface area contributed by atoms with E-state index in [1.54, 1.807) is 14.2 Å². The highest BCUT2D eigenvalue weighted by molar-refractivity contribution is 5.43. The maximum absolute atomic E-state index is 5.17. The lowest BCUT2D eigenvalue weighted by atomic mass is 10.1. The summed E-state index contributed by atoms with van der Waals surface area (Å²) in [6.07, 6.45) is 3.91. The lowest BCUT2D eigenvalue weighted by Gasteiger charge is -2.08. The molecule has 0 aromatic heterocycles. The van der Waals surface area contributed by atoms with Crippen molar-refractivity contribution in [3.8, 4) is 11.5 Å². The van der Waals surface area contributed by atoms with Gasteiger partial charge in [-0.15, -0.1) is 0 Å². The molecule has 0 saturated heterocycles. The smallest absolute Gasteiger partial charge is 0.160 e. The minimum Gasteiger partial charge on any atom is -0.493 e. The second-order valence-corrected chi connectivity index (χ2v) is 2.72. The van der Waals surface area contributed by atoms with Gasteiger partial charge in [-0.25, -0.2) is 0 Å². The molecule has 1 rings (SSSR count). The van der Waals surface area contributed by atoms with E-state index in [4.69, 9.17) is 9.47 Å². The molecule has 0 aliphatic heterocycles. The SMILES string of the molecule is C[C]Cc1ccc(OC)c(OC)c1. The van der Waals surface area contributed by atoms with Crippen LogP contribution in [0.2, 0.25) is 0 Å². The molecular weight excluding hydrogens is 164 g/mol. The predicted octanol–water partition coefficient (Wildman–Crippen LogP) is 2.35. The fourth-order valence-electron chi connectivity index (χ4n) is 1.19. The minimum absolute atomic E-state index is 0.766. The van der Waals surface area contributed by atoms with Crippen LogP contribution in [0.3, 0.4) is 0 Å². The van der Waals surface area contributed by atoms with Crippen LogP contribution in [-0.2, 0) is 6.42 Å². The summed E-state index contributed by atoms with van der Waals surface area (Å²) in [5.41, 5.74) is 1.18. The van der Waals surface area contributed by atoms with Gasteiger partial charge in [0.2, 0.25) is 0 Å². The van der Waals surface area contributed by atoms with Gasteiger partial charge in [-0.2, -0.15) is 0 Å². The summed E-state index contributed by atoms with van der Waals surface area (Å²) in [6, 6.07) is 5.89. The normalized spacial score (nSPS) is 9.77. The van der Waals surface area contributed by atoms with E-state index in [1.165, 1.54) is 5.56 Å². The van der Waals surface area contributed by atoms with Gasteiger partial charge in [0, 0.05) is 0 Å². The van der Waals surface area contributed by atoms with Crippen LogP contribution in [0.15, 0.2) is 18.2 Å². The quantitative estimate of drug-likeness (QED) is 0.704. The van der Waals surface area contributed by atoms with Crippen molar-refractivity contribution in [2.75, 3.05) is 14.2 Å². The molecular formula is C11H14O2. The van der Waals surface area contributed by atoms with Gasteiger partial charge in [-0.3, -0.25) is 0 Å². The second-order valence-electron chi connectivity index (χ2n) is 2.72. The van der Waals surface area contributed by atoms with Crippen molar-refractivity contribution in [2.24, 2.45) is 0 Å². The van der Waals surface area contributed by atoms with E-state index in [-0.39, 0.29) is 0 Å². The van der Waals surface area contributed by atoms with Crippen molar-refractivity contribution in [1.82, 2.24) is 0 Å². The van der Waals surface area contributed by atoms with Crippen LogP contribution in [0.4, 0.5) is 0 Å². The Kier molecular flexibility index (Phi) is 3.62. The predicted molar refractivity (Wildman–Crippen MR) is 52.2 cm³/mol. The van der Waals surface area contributed by atoms with Crippen LogP contribution < -0.4 is 9.47 Å². The van der Waals surface area contributed by atoms with Gasteiger partial charge in [0.25, 0.3) is 0 Å². The summed E-state index contributed by atoms with van der Waals surface area (Å²) in [5, 5.41) is 0. The molecule has 13 heavy (non-hydrogen) atoms. The molecule has 1 aromatic carbocycles. The minimum atomic E-state index is 0.766. The van der Waals surface area contributed by atoms with Crippen molar-refractivity contribution >= 4 is 0 Å². The van der Waals surface area contributed by atoms with Crippen LogP contribution in [0.5, 0.6) is 11.5 Å². The first-order chi connectivity index (χ1) is 6.31. The molecule has 0 N–H and O–H groups in total. The molecule has 0 spiro atoms. The molecule has 0 fully saturated rings. The monoisotopic (exact) mass is 178 g/mol. The molecule has 2 radical (unpaired) electrons. The van der Waals surface area contributed by atoms with Gasteiger partial charge in [0.15, 0.2) is 11.5 Å². The maximum Gasteiger partial charge on any atom is 0.160 e. The summed E-state index contributed by atoms with van der Waals surface area (Å²) < 4.78 is 10.3. The van der Waals surface area contributed by atoms with E-state index in [9.17, 15) is 0 Å². The molecule has 0 heterocycles. The van der Waals surface area contributed by atoms with E-state index >= 15 is 0 Å². The molecule has 0 saturated carbocycles. The first kappa shape index (κ1) is 9.90. The van der Waals surface area contributed by atoms with E-state index in [0.717, 1.165) is 17.9 Å². The van der Waals surface area contributed by atoms with Crippen LogP contribution >= 0.6 is 0 Å². The second kappa shape index (κ2) is 4.75. The topological polar surface area (TPSA) is 18.5 Å². The van der Waals surface area contributed by atoms with Crippen LogP contribution in [0, 0.1) is 6.42 Å². The molecule has 0 bridgehead atoms. The standard InChI is InChI=1S/C11H14O2/c1-4-5-9-6-7-10(12-2)11(8-9)13-3/h6-8H,5H2,1-3H3. The first-order valence-electron chi connectivity index (χ1n) is 4.17. The third kappa shape index (κ3) is 2.38. The average Bonchev–Trinajstić information content (AvgIpc) is 2.18. The maximum atomic E-state index is 5.17. The van der Waals surface area contributed by atoms with E-state index in [2.05, 4.69) is 6.42 Å². The fourth-order valence-corrected chi connectivity index (χ4v) is 1.19. The number of hydrogen-bond acceptors (Lipinski definition) is 2. The Hall–Kier alpha value is -1.18. The Bertz CT molecular complexity index is 269. The molecule has 0 aliphatic rings. The fraction of sp³-hybridized carbons (Fsp3) is 0.364. The van der Waals surface area contributed by atoms with Crippen LogP contribution in [0.1, 0.15) is 12.5 Å². The molecule has 2 heteroatoms. The third-order valence-corrected chi connectivity index (χ3v) is 1.83. The van der Waals surface area contributed by atoms with Gasteiger partial charge in [-0.05, 0) is 30.5 Å². The molecule has 1 aromatic rings. The Labute approximate surface area is 79.5 Å². The van der Waals surface area contributed by atoms with Crippen LogP contribution in [0.25, 0.3) is 0 Å². The summed E-state index contributed by atoms with van der Waals surface area (Å²) >= 11 is 0. The van der Waals surface area contributed by atoms with E-state index < -0.39 is 0 Å². The lowest BCUT2D eigenvalue weighted by molar-refractivity contribution is 0.354. The Morgan fingerprint density at radius 2 is 1.85 bits per heavy atom. The summed E-state index contributed by atoms with van der Waals surface area (Å²) in [7, 11) is 3.27. The van der Waals surface area contributed by atoms with Crippen molar-refractivity contribution < 1.29 is 9.47 Å². The molecule has 70 valence electrons. The van der Waals surface area contributed by atoms with Crippen molar-refractivity contribution in [1.29, 1.82) is 0 Å². The molecule has 0 aliphatic carbocycles. The summed E-state index contributed by atoms with van der Waals surface area (Å²) in [5.74, 6) is 1.54. The third-order valence-electron chi connectivity index (χ3n) is 1.83. The molecule has 0 amide bonds. The zero-order valence-electron chi connectivity index (χ0n) is 8.26. The van der Waals surface area contributed by atoms with E-state index in [0.29, 0.717) is 0 Å². The highest BCUT2D eigenvalue weighted by Crippen LogP contribution is 2.27.